The predicted octanol–water partition coefficient (Wildman–Crippen LogP) is 0.881. The van der Waals surface area contributed by atoms with Crippen LogP contribution in [0.1, 0.15) is 51.4 Å². The molecule has 0 radical (unpaired) electrons. The average molecular weight is 291 g/mol. The van der Waals surface area contributed by atoms with E-state index in [1.165, 1.54) is 24.2 Å². The summed E-state index contributed by atoms with van der Waals surface area (Å²) in [4.78, 5) is 28.5. The smallest absolute Gasteiger partial charge is 0.247 e. The van der Waals surface area contributed by atoms with Gasteiger partial charge >= 0.3 is 0 Å². The molecule has 3 unspecified atom stereocenters. The van der Waals surface area contributed by atoms with Gasteiger partial charge in [-0.15, -0.1) is 0 Å². The number of nitrogens with zero attached hydrogens (tertiary/aromatic N) is 2. The van der Waals surface area contributed by atoms with Crippen molar-refractivity contribution in [3.05, 3.63) is 0 Å². The number of hydrogen-bond donors (Lipinski definition) is 1. The first-order chi connectivity index (χ1) is 10.1. The topological polar surface area (TPSA) is 52.7 Å². The zero-order chi connectivity index (χ0) is 14.6. The molecular formula is C16H25N3O2. The van der Waals surface area contributed by atoms with E-state index in [9.17, 15) is 9.59 Å². The van der Waals surface area contributed by atoms with Crippen molar-refractivity contribution in [1.82, 2.24) is 15.1 Å². The third kappa shape index (κ3) is 2.40. The number of hydrogen-bond acceptors (Lipinski definition) is 4. The predicted molar refractivity (Wildman–Crippen MR) is 78.6 cm³/mol. The Morgan fingerprint density at radius 3 is 2.29 bits per heavy atom. The Morgan fingerprint density at radius 1 is 1.00 bits per heavy atom. The van der Waals surface area contributed by atoms with Crippen molar-refractivity contribution in [2.45, 2.75) is 81.6 Å². The first-order valence-electron chi connectivity index (χ1n) is 8.47. The van der Waals surface area contributed by atoms with Crippen LogP contribution in [0.15, 0.2) is 0 Å². The van der Waals surface area contributed by atoms with Gasteiger partial charge in [0.2, 0.25) is 11.8 Å². The highest BCUT2D eigenvalue weighted by atomic mass is 16.2. The lowest BCUT2D eigenvalue weighted by Crippen LogP contribution is -2.56. The maximum absolute atomic E-state index is 12.4. The summed E-state index contributed by atoms with van der Waals surface area (Å²) in [6, 6.07) is 1.67. The summed E-state index contributed by atoms with van der Waals surface area (Å²) in [6.45, 7) is 0. The molecule has 21 heavy (non-hydrogen) atoms. The van der Waals surface area contributed by atoms with E-state index in [4.69, 9.17) is 0 Å². The molecule has 3 heterocycles. The summed E-state index contributed by atoms with van der Waals surface area (Å²) < 4.78 is 0. The quantitative estimate of drug-likeness (QED) is 0.784. The minimum absolute atomic E-state index is 0.0339. The summed E-state index contributed by atoms with van der Waals surface area (Å²) in [5.74, 6) is 0.0692. The molecule has 4 aliphatic rings. The van der Waals surface area contributed by atoms with Crippen LogP contribution < -0.4 is 5.32 Å². The second-order valence-corrected chi connectivity index (χ2v) is 7.33. The second-order valence-electron chi connectivity index (χ2n) is 7.33. The van der Waals surface area contributed by atoms with Crippen LogP contribution in [0, 0.1) is 0 Å². The van der Waals surface area contributed by atoms with Crippen LogP contribution in [-0.2, 0) is 9.59 Å². The van der Waals surface area contributed by atoms with E-state index in [0.29, 0.717) is 24.5 Å². The Balaban J connectivity index is 1.40. The fraction of sp³-hybridized carbons (Fsp3) is 0.875. The normalized spacial score (nSPS) is 40.9. The van der Waals surface area contributed by atoms with E-state index < -0.39 is 0 Å². The van der Waals surface area contributed by atoms with Crippen molar-refractivity contribution < 1.29 is 9.59 Å². The summed E-state index contributed by atoms with van der Waals surface area (Å²) >= 11 is 0. The standard InChI is InChI=1S/C16H25N3O2/c1-18-12-3-2-4-13(18)8-10(7-12)17-14-9-15(20)19(16(14)21)11-5-6-11/h10-14,17H,2-9H2,1H3. The largest absolute Gasteiger partial charge is 0.303 e. The number of piperidine rings is 2. The molecular weight excluding hydrogens is 266 g/mol. The molecule has 1 aliphatic carbocycles. The minimum atomic E-state index is -0.257. The van der Waals surface area contributed by atoms with Crippen molar-refractivity contribution in [3.8, 4) is 0 Å². The van der Waals surface area contributed by atoms with Gasteiger partial charge in [-0.2, -0.15) is 0 Å². The van der Waals surface area contributed by atoms with Gasteiger partial charge in [0.25, 0.3) is 0 Å². The molecule has 116 valence electrons. The molecule has 4 fully saturated rings. The van der Waals surface area contributed by atoms with Gasteiger partial charge in [0.15, 0.2) is 0 Å². The van der Waals surface area contributed by atoms with Crippen molar-refractivity contribution in [3.63, 3.8) is 0 Å². The third-order valence-corrected chi connectivity index (χ3v) is 5.87. The summed E-state index contributed by atoms with van der Waals surface area (Å²) in [5.41, 5.74) is 0. The first-order valence-corrected chi connectivity index (χ1v) is 8.47. The highest BCUT2D eigenvalue weighted by Gasteiger charge is 2.47. The summed E-state index contributed by atoms with van der Waals surface area (Å²) in [7, 11) is 2.24. The zero-order valence-corrected chi connectivity index (χ0v) is 12.8. The van der Waals surface area contributed by atoms with Crippen molar-refractivity contribution in [2.75, 3.05) is 7.05 Å². The number of imide groups is 1. The van der Waals surface area contributed by atoms with Crippen LogP contribution >= 0.6 is 0 Å². The van der Waals surface area contributed by atoms with Gasteiger partial charge in [-0.25, -0.2) is 0 Å². The molecule has 1 N–H and O–H groups in total. The Hall–Kier alpha value is -0.940. The monoisotopic (exact) mass is 291 g/mol. The number of nitrogens with one attached hydrogen (secondary N) is 1. The molecule has 0 aromatic carbocycles. The fourth-order valence-electron chi connectivity index (χ4n) is 4.53. The lowest BCUT2D eigenvalue weighted by atomic mass is 9.82. The van der Waals surface area contributed by atoms with Gasteiger partial charge in [0.1, 0.15) is 0 Å². The highest BCUT2D eigenvalue weighted by Crippen LogP contribution is 2.34. The van der Waals surface area contributed by atoms with Gasteiger partial charge in [-0.3, -0.25) is 14.5 Å². The fourth-order valence-corrected chi connectivity index (χ4v) is 4.53. The SMILES string of the molecule is CN1C2CCCC1CC(NC1CC(=O)N(C3CC3)C1=O)C2. The molecule has 2 amide bonds. The van der Waals surface area contributed by atoms with Crippen LogP contribution in [0.25, 0.3) is 0 Å². The number of amides is 2. The maximum atomic E-state index is 12.4. The number of rotatable bonds is 3. The van der Waals surface area contributed by atoms with E-state index in [0.717, 1.165) is 25.7 Å². The van der Waals surface area contributed by atoms with Crippen molar-refractivity contribution >= 4 is 11.8 Å². The van der Waals surface area contributed by atoms with Crippen molar-refractivity contribution in [2.24, 2.45) is 0 Å². The summed E-state index contributed by atoms with van der Waals surface area (Å²) in [5, 5.41) is 3.52. The van der Waals surface area contributed by atoms with E-state index in [1.807, 2.05) is 0 Å². The molecule has 5 heteroatoms. The molecule has 4 rings (SSSR count). The van der Waals surface area contributed by atoms with Crippen LogP contribution in [0.4, 0.5) is 0 Å². The third-order valence-electron chi connectivity index (χ3n) is 5.87. The van der Waals surface area contributed by atoms with Gasteiger partial charge in [-0.1, -0.05) is 6.42 Å². The van der Waals surface area contributed by atoms with E-state index >= 15 is 0 Å². The molecule has 5 nitrogen and oxygen atoms in total. The number of carbonyl (C=O) groups is 2. The molecule has 3 aliphatic heterocycles. The lowest BCUT2D eigenvalue weighted by molar-refractivity contribution is -0.139. The van der Waals surface area contributed by atoms with E-state index in [2.05, 4.69) is 17.3 Å². The number of carbonyl (C=O) groups excluding carboxylic acids is 2. The minimum Gasteiger partial charge on any atom is -0.303 e. The van der Waals surface area contributed by atoms with E-state index in [1.54, 1.807) is 0 Å². The van der Waals surface area contributed by atoms with Crippen LogP contribution in [0.2, 0.25) is 0 Å². The van der Waals surface area contributed by atoms with Crippen molar-refractivity contribution in [1.29, 1.82) is 0 Å². The molecule has 0 aromatic rings. The molecule has 1 saturated carbocycles. The highest BCUT2D eigenvalue weighted by molar-refractivity contribution is 6.06. The van der Waals surface area contributed by atoms with Gasteiger partial charge in [0.05, 0.1) is 12.5 Å². The maximum Gasteiger partial charge on any atom is 0.247 e. The van der Waals surface area contributed by atoms with E-state index in [-0.39, 0.29) is 23.9 Å². The van der Waals surface area contributed by atoms with Gasteiger partial charge in [0, 0.05) is 24.2 Å². The molecule has 3 atom stereocenters. The zero-order valence-electron chi connectivity index (χ0n) is 12.8. The first kappa shape index (κ1) is 13.7. The Morgan fingerprint density at radius 2 is 1.67 bits per heavy atom. The summed E-state index contributed by atoms with van der Waals surface area (Å²) in [6.07, 6.45) is 8.50. The van der Waals surface area contributed by atoms with Crippen LogP contribution in [0.5, 0.6) is 0 Å². The number of likely N-dealkylation sites (tertiary alicyclic amines) is 1. The molecule has 2 bridgehead atoms. The average Bonchev–Trinajstić information content (AvgIpc) is 3.19. The lowest BCUT2D eigenvalue weighted by Gasteiger charge is -2.47. The molecule has 3 saturated heterocycles. The van der Waals surface area contributed by atoms with Crippen LogP contribution in [-0.4, -0.2) is 58.9 Å². The Bertz CT molecular complexity index is 448. The number of fused-ring (bicyclic) bond motifs is 2. The Labute approximate surface area is 126 Å². The van der Waals surface area contributed by atoms with Gasteiger partial charge < -0.3 is 10.2 Å². The molecule has 0 aromatic heterocycles. The second kappa shape index (κ2) is 5.06. The van der Waals surface area contributed by atoms with Gasteiger partial charge in [-0.05, 0) is 45.6 Å². The van der Waals surface area contributed by atoms with Crippen LogP contribution in [0.3, 0.4) is 0 Å². The Kier molecular flexibility index (Phi) is 3.30. The molecule has 0 spiro atoms.